The fourth-order valence-electron chi connectivity index (χ4n) is 1.91. The predicted octanol–water partition coefficient (Wildman–Crippen LogP) is 0.782. The third-order valence-electron chi connectivity index (χ3n) is 2.88. The Morgan fingerprint density at radius 3 is 2.88 bits per heavy atom. The number of carbonyl (C=O) groups excluding carboxylic acids is 1. The van der Waals surface area contributed by atoms with E-state index in [-0.39, 0.29) is 24.3 Å². The normalized spacial score (nSPS) is 17.8. The summed E-state index contributed by atoms with van der Waals surface area (Å²) in [5.41, 5.74) is 6.91. The molecule has 1 amide bonds. The van der Waals surface area contributed by atoms with Crippen LogP contribution in [-0.2, 0) is 4.79 Å². The van der Waals surface area contributed by atoms with E-state index in [0.717, 1.165) is 5.56 Å². The molecule has 1 fully saturated rings. The highest BCUT2D eigenvalue weighted by Crippen LogP contribution is 2.23. The number of hydrogen-bond donors (Lipinski definition) is 2. The minimum Gasteiger partial charge on any atom is -0.358 e. The second-order valence-corrected chi connectivity index (χ2v) is 4.27. The number of carbonyl (C=O) groups is 1. The minimum atomic E-state index is -0.325. The zero-order chi connectivity index (χ0) is 12.4. The Bertz CT molecular complexity index is 434. The van der Waals surface area contributed by atoms with Gasteiger partial charge in [0.2, 0.25) is 5.91 Å². The number of nitrogens with zero attached hydrogens (tertiary/aromatic N) is 1. The van der Waals surface area contributed by atoms with Crippen molar-refractivity contribution < 1.29 is 9.18 Å². The average molecular weight is 237 g/mol. The van der Waals surface area contributed by atoms with Crippen molar-refractivity contribution in [2.45, 2.75) is 13.0 Å². The van der Waals surface area contributed by atoms with Crippen molar-refractivity contribution in [2.75, 3.05) is 24.5 Å². The van der Waals surface area contributed by atoms with Gasteiger partial charge in [0.05, 0.1) is 12.2 Å². The lowest BCUT2D eigenvalue weighted by molar-refractivity contribution is -0.120. The summed E-state index contributed by atoms with van der Waals surface area (Å²) >= 11 is 0. The average Bonchev–Trinajstić information content (AvgIpc) is 2.28. The summed E-state index contributed by atoms with van der Waals surface area (Å²) in [5, 5.41) is 2.71. The maximum atomic E-state index is 13.9. The number of rotatable bonds is 2. The van der Waals surface area contributed by atoms with Crippen LogP contribution in [0.3, 0.4) is 0 Å². The molecule has 1 saturated heterocycles. The largest absolute Gasteiger partial charge is 0.358 e. The van der Waals surface area contributed by atoms with Gasteiger partial charge in [-0.15, -0.1) is 0 Å². The molecule has 0 aromatic heterocycles. The molecule has 1 heterocycles. The van der Waals surface area contributed by atoms with Crippen LogP contribution in [0.1, 0.15) is 18.5 Å². The van der Waals surface area contributed by atoms with Crippen molar-refractivity contribution in [3.8, 4) is 0 Å². The Labute approximate surface area is 99.6 Å². The Morgan fingerprint density at radius 2 is 2.29 bits per heavy atom. The second kappa shape index (κ2) is 4.71. The van der Waals surface area contributed by atoms with Gasteiger partial charge in [-0.05, 0) is 24.6 Å². The summed E-state index contributed by atoms with van der Waals surface area (Å²) in [6.45, 7) is 3.19. The molecule has 17 heavy (non-hydrogen) atoms. The van der Waals surface area contributed by atoms with Crippen molar-refractivity contribution in [1.29, 1.82) is 0 Å². The molecule has 5 heteroatoms. The quantitative estimate of drug-likeness (QED) is 0.799. The highest BCUT2D eigenvalue weighted by Gasteiger charge is 2.19. The van der Waals surface area contributed by atoms with Crippen molar-refractivity contribution in [1.82, 2.24) is 5.32 Å². The molecule has 1 unspecified atom stereocenters. The summed E-state index contributed by atoms with van der Waals surface area (Å²) in [6, 6.07) is 4.73. The van der Waals surface area contributed by atoms with E-state index >= 15 is 0 Å². The molecule has 4 nitrogen and oxygen atoms in total. The molecule has 92 valence electrons. The Balaban J connectivity index is 2.23. The molecule has 1 atom stereocenters. The third-order valence-corrected chi connectivity index (χ3v) is 2.88. The zero-order valence-electron chi connectivity index (χ0n) is 9.74. The van der Waals surface area contributed by atoms with E-state index in [1.165, 1.54) is 6.07 Å². The number of nitrogens with one attached hydrogen (secondary N) is 1. The van der Waals surface area contributed by atoms with Crippen molar-refractivity contribution in [3.05, 3.63) is 29.6 Å². The van der Waals surface area contributed by atoms with Crippen molar-refractivity contribution >= 4 is 11.6 Å². The molecule has 0 radical (unpaired) electrons. The summed E-state index contributed by atoms with van der Waals surface area (Å²) < 4.78 is 13.9. The number of piperazine rings is 1. The highest BCUT2D eigenvalue weighted by atomic mass is 19.1. The van der Waals surface area contributed by atoms with Crippen LogP contribution in [0.15, 0.2) is 18.2 Å². The van der Waals surface area contributed by atoms with Gasteiger partial charge in [0.15, 0.2) is 0 Å². The molecule has 3 N–H and O–H groups in total. The van der Waals surface area contributed by atoms with Crippen LogP contribution in [0.5, 0.6) is 0 Å². The van der Waals surface area contributed by atoms with Gasteiger partial charge in [-0.2, -0.15) is 0 Å². The van der Waals surface area contributed by atoms with Crippen LogP contribution in [0.4, 0.5) is 10.1 Å². The SMILES string of the molecule is CC(N)c1ccc(N2CCNC(=O)C2)c(F)c1. The molecule has 2 rings (SSSR count). The number of amides is 1. The lowest BCUT2D eigenvalue weighted by atomic mass is 10.1. The number of hydrogen-bond acceptors (Lipinski definition) is 3. The molecule has 0 saturated carbocycles. The maximum Gasteiger partial charge on any atom is 0.239 e. The third kappa shape index (κ3) is 2.55. The van der Waals surface area contributed by atoms with Crippen LogP contribution < -0.4 is 16.0 Å². The number of benzene rings is 1. The first-order chi connectivity index (χ1) is 8.08. The zero-order valence-corrected chi connectivity index (χ0v) is 9.74. The minimum absolute atomic E-state index is 0.0769. The maximum absolute atomic E-state index is 13.9. The molecule has 0 aliphatic carbocycles. The topological polar surface area (TPSA) is 58.4 Å². The first-order valence-corrected chi connectivity index (χ1v) is 5.64. The smallest absolute Gasteiger partial charge is 0.239 e. The van der Waals surface area contributed by atoms with Gasteiger partial charge in [-0.25, -0.2) is 4.39 Å². The Hall–Kier alpha value is -1.62. The molecule has 1 aliphatic heterocycles. The van der Waals surface area contributed by atoms with E-state index in [1.54, 1.807) is 17.0 Å². The summed E-state index contributed by atoms with van der Waals surface area (Å²) in [4.78, 5) is 13.0. The van der Waals surface area contributed by atoms with Gasteiger partial charge in [0.1, 0.15) is 5.82 Å². The number of nitrogens with two attached hydrogens (primary N) is 1. The van der Waals surface area contributed by atoms with Gasteiger partial charge in [0.25, 0.3) is 0 Å². The molecular formula is C12H16FN3O. The van der Waals surface area contributed by atoms with E-state index < -0.39 is 0 Å². The van der Waals surface area contributed by atoms with Crippen LogP contribution >= 0.6 is 0 Å². The summed E-state index contributed by atoms with van der Waals surface area (Å²) in [5.74, 6) is -0.401. The van der Waals surface area contributed by atoms with Crippen LogP contribution in [0.2, 0.25) is 0 Å². The first-order valence-electron chi connectivity index (χ1n) is 5.64. The first kappa shape index (κ1) is 11.9. The van der Waals surface area contributed by atoms with Gasteiger partial charge >= 0.3 is 0 Å². The van der Waals surface area contributed by atoms with E-state index in [0.29, 0.717) is 18.8 Å². The van der Waals surface area contributed by atoms with E-state index in [9.17, 15) is 9.18 Å². The Kier molecular flexibility index (Phi) is 3.28. The van der Waals surface area contributed by atoms with E-state index in [2.05, 4.69) is 5.32 Å². The molecular weight excluding hydrogens is 221 g/mol. The lowest BCUT2D eigenvalue weighted by Crippen LogP contribution is -2.48. The van der Waals surface area contributed by atoms with Crippen molar-refractivity contribution in [3.63, 3.8) is 0 Å². The summed E-state index contributed by atoms with van der Waals surface area (Å²) in [7, 11) is 0. The predicted molar refractivity (Wildman–Crippen MR) is 64.2 cm³/mol. The fraction of sp³-hybridized carbons (Fsp3) is 0.417. The van der Waals surface area contributed by atoms with Gasteiger partial charge in [-0.3, -0.25) is 4.79 Å². The molecule has 0 spiro atoms. The molecule has 0 bridgehead atoms. The van der Waals surface area contributed by atoms with Gasteiger partial charge in [-0.1, -0.05) is 6.07 Å². The monoisotopic (exact) mass is 237 g/mol. The molecule has 1 aliphatic rings. The van der Waals surface area contributed by atoms with Gasteiger partial charge < -0.3 is 16.0 Å². The standard InChI is InChI=1S/C12H16FN3O/c1-8(14)9-2-3-11(10(13)6-9)16-5-4-15-12(17)7-16/h2-3,6,8H,4-5,7,14H2,1H3,(H,15,17). The molecule has 1 aromatic rings. The fourth-order valence-corrected chi connectivity index (χ4v) is 1.91. The number of halogens is 1. The van der Waals surface area contributed by atoms with Crippen molar-refractivity contribution in [2.24, 2.45) is 5.73 Å². The van der Waals surface area contributed by atoms with E-state index in [4.69, 9.17) is 5.73 Å². The second-order valence-electron chi connectivity index (χ2n) is 4.27. The Morgan fingerprint density at radius 1 is 1.53 bits per heavy atom. The summed E-state index contributed by atoms with van der Waals surface area (Å²) in [6.07, 6.45) is 0. The van der Waals surface area contributed by atoms with Crippen LogP contribution in [-0.4, -0.2) is 25.5 Å². The van der Waals surface area contributed by atoms with Crippen LogP contribution in [0, 0.1) is 5.82 Å². The van der Waals surface area contributed by atoms with Crippen LogP contribution in [0.25, 0.3) is 0 Å². The van der Waals surface area contributed by atoms with E-state index in [1.807, 2.05) is 6.92 Å². The molecule has 1 aromatic carbocycles. The van der Waals surface area contributed by atoms with Gasteiger partial charge in [0, 0.05) is 19.1 Å². The highest BCUT2D eigenvalue weighted by molar-refractivity contribution is 5.82. The lowest BCUT2D eigenvalue weighted by Gasteiger charge is -2.29. The number of anilines is 1.